The fraction of sp³-hybridized carbons (Fsp3) is 0.150. The SMILES string of the molecule is Cc1cc2oc(C(=O)Nc3ccc4c(c3)NC(=O)CO4)cc(=O)c2cc1C. The molecule has 0 spiro atoms. The summed E-state index contributed by atoms with van der Waals surface area (Å²) in [6.45, 7) is 3.78. The highest BCUT2D eigenvalue weighted by Gasteiger charge is 2.18. The van der Waals surface area contributed by atoms with Crippen molar-refractivity contribution in [3.63, 3.8) is 0 Å². The lowest BCUT2D eigenvalue weighted by molar-refractivity contribution is -0.118. The van der Waals surface area contributed by atoms with Gasteiger partial charge < -0.3 is 19.8 Å². The van der Waals surface area contributed by atoms with Crippen LogP contribution in [0.5, 0.6) is 5.75 Å². The standard InChI is InChI=1S/C20H16N2O5/c1-10-5-13-15(23)8-18(27-17(13)6-11(10)2)20(25)21-12-3-4-16-14(7-12)22-19(24)9-26-16/h3-8H,9H2,1-2H3,(H,21,25)(H,22,24). The van der Waals surface area contributed by atoms with E-state index in [1.807, 2.05) is 13.8 Å². The van der Waals surface area contributed by atoms with Crippen LogP contribution < -0.4 is 20.8 Å². The Kier molecular flexibility index (Phi) is 3.92. The first kappa shape index (κ1) is 16.8. The molecule has 2 heterocycles. The number of anilines is 2. The Hall–Kier alpha value is -3.61. The van der Waals surface area contributed by atoms with Gasteiger partial charge in [-0.3, -0.25) is 14.4 Å². The van der Waals surface area contributed by atoms with E-state index >= 15 is 0 Å². The van der Waals surface area contributed by atoms with Gasteiger partial charge in [-0.15, -0.1) is 0 Å². The molecule has 27 heavy (non-hydrogen) atoms. The van der Waals surface area contributed by atoms with E-state index < -0.39 is 5.91 Å². The summed E-state index contributed by atoms with van der Waals surface area (Å²) in [4.78, 5) is 36.3. The number of benzene rings is 2. The van der Waals surface area contributed by atoms with Gasteiger partial charge in [0.25, 0.3) is 11.8 Å². The minimum Gasteiger partial charge on any atom is -0.482 e. The normalized spacial score (nSPS) is 12.9. The van der Waals surface area contributed by atoms with Crippen LogP contribution in [-0.2, 0) is 4.79 Å². The van der Waals surface area contributed by atoms with Crippen molar-refractivity contribution in [3.05, 3.63) is 63.5 Å². The van der Waals surface area contributed by atoms with E-state index in [9.17, 15) is 14.4 Å². The van der Waals surface area contributed by atoms with Gasteiger partial charge in [-0.1, -0.05) is 0 Å². The van der Waals surface area contributed by atoms with Gasteiger partial charge >= 0.3 is 0 Å². The van der Waals surface area contributed by atoms with Crippen molar-refractivity contribution in [2.75, 3.05) is 17.2 Å². The summed E-state index contributed by atoms with van der Waals surface area (Å²) in [7, 11) is 0. The molecule has 0 atom stereocenters. The third-order valence-corrected chi connectivity index (χ3v) is 4.44. The van der Waals surface area contributed by atoms with Gasteiger partial charge in [0, 0.05) is 11.8 Å². The molecule has 7 nitrogen and oxygen atoms in total. The molecule has 2 N–H and O–H groups in total. The van der Waals surface area contributed by atoms with Gasteiger partial charge in [-0.25, -0.2) is 0 Å². The minimum atomic E-state index is -0.560. The van der Waals surface area contributed by atoms with Gasteiger partial charge in [0.1, 0.15) is 11.3 Å². The largest absolute Gasteiger partial charge is 0.482 e. The molecule has 0 aliphatic carbocycles. The predicted molar refractivity (Wildman–Crippen MR) is 100 cm³/mol. The van der Waals surface area contributed by atoms with Gasteiger partial charge in [-0.05, 0) is 55.3 Å². The molecule has 0 radical (unpaired) electrons. The van der Waals surface area contributed by atoms with E-state index in [1.165, 1.54) is 6.07 Å². The van der Waals surface area contributed by atoms with Crippen LogP contribution in [-0.4, -0.2) is 18.4 Å². The van der Waals surface area contributed by atoms with Crippen LogP contribution in [0.2, 0.25) is 0 Å². The number of carbonyl (C=O) groups excluding carboxylic acids is 2. The Labute approximate surface area is 153 Å². The molecule has 0 unspecified atom stereocenters. The van der Waals surface area contributed by atoms with Crippen molar-refractivity contribution in [2.24, 2.45) is 0 Å². The first-order chi connectivity index (χ1) is 12.9. The summed E-state index contributed by atoms with van der Waals surface area (Å²) in [5, 5.41) is 5.77. The zero-order chi connectivity index (χ0) is 19.1. The summed E-state index contributed by atoms with van der Waals surface area (Å²) >= 11 is 0. The highest BCUT2D eigenvalue weighted by Crippen LogP contribution is 2.30. The molecule has 136 valence electrons. The number of hydrogen-bond acceptors (Lipinski definition) is 5. The molecule has 7 heteroatoms. The molecule has 0 fully saturated rings. The van der Waals surface area contributed by atoms with E-state index in [0.29, 0.717) is 28.1 Å². The molecule has 0 saturated carbocycles. The Balaban J connectivity index is 1.65. The summed E-state index contributed by atoms with van der Waals surface area (Å²) in [5.41, 5.74) is 2.93. The summed E-state index contributed by atoms with van der Waals surface area (Å²) < 4.78 is 10.9. The molecule has 2 aromatic carbocycles. The molecule has 1 aromatic heterocycles. The molecule has 2 amide bonds. The molecule has 1 aliphatic heterocycles. The van der Waals surface area contributed by atoms with Crippen LogP contribution in [0.25, 0.3) is 11.0 Å². The fourth-order valence-electron chi connectivity index (χ4n) is 2.88. The second kappa shape index (κ2) is 6.28. The summed E-state index contributed by atoms with van der Waals surface area (Å²) in [6, 6.07) is 9.54. The van der Waals surface area contributed by atoms with E-state index in [1.54, 1.807) is 30.3 Å². The molecule has 0 saturated heterocycles. The smallest absolute Gasteiger partial charge is 0.291 e. The zero-order valence-corrected chi connectivity index (χ0v) is 14.7. The number of fused-ring (bicyclic) bond motifs is 2. The van der Waals surface area contributed by atoms with Crippen molar-refractivity contribution in [3.8, 4) is 5.75 Å². The highest BCUT2D eigenvalue weighted by atomic mass is 16.5. The highest BCUT2D eigenvalue weighted by molar-refractivity contribution is 6.04. The number of hydrogen-bond donors (Lipinski definition) is 2. The third-order valence-electron chi connectivity index (χ3n) is 4.44. The monoisotopic (exact) mass is 364 g/mol. The lowest BCUT2D eigenvalue weighted by Crippen LogP contribution is -2.25. The molecule has 3 aromatic rings. The van der Waals surface area contributed by atoms with Crippen LogP contribution in [0.4, 0.5) is 11.4 Å². The van der Waals surface area contributed by atoms with E-state index in [2.05, 4.69) is 10.6 Å². The maximum Gasteiger partial charge on any atom is 0.291 e. The Morgan fingerprint density at radius 1 is 1.07 bits per heavy atom. The van der Waals surface area contributed by atoms with Crippen molar-refractivity contribution in [2.45, 2.75) is 13.8 Å². The maximum absolute atomic E-state index is 12.5. The van der Waals surface area contributed by atoms with E-state index in [4.69, 9.17) is 9.15 Å². The molecular weight excluding hydrogens is 348 g/mol. The van der Waals surface area contributed by atoms with Gasteiger partial charge in [0.2, 0.25) is 0 Å². The fourth-order valence-corrected chi connectivity index (χ4v) is 2.88. The Morgan fingerprint density at radius 2 is 1.85 bits per heavy atom. The Bertz CT molecular complexity index is 1160. The second-order valence-corrected chi connectivity index (χ2v) is 6.41. The lowest BCUT2D eigenvalue weighted by atomic mass is 10.1. The van der Waals surface area contributed by atoms with Gasteiger partial charge in [0.05, 0.1) is 11.1 Å². The van der Waals surface area contributed by atoms with E-state index in [-0.39, 0.29) is 23.7 Å². The first-order valence-electron chi connectivity index (χ1n) is 8.34. The Morgan fingerprint density at radius 3 is 2.67 bits per heavy atom. The van der Waals surface area contributed by atoms with Gasteiger partial charge in [0.15, 0.2) is 17.8 Å². The number of ether oxygens (including phenoxy) is 1. The quantitative estimate of drug-likeness (QED) is 0.728. The first-order valence-corrected chi connectivity index (χ1v) is 8.34. The maximum atomic E-state index is 12.5. The van der Waals surface area contributed by atoms with Crippen LogP contribution >= 0.6 is 0 Å². The van der Waals surface area contributed by atoms with Crippen LogP contribution in [0.15, 0.2) is 45.6 Å². The number of carbonyl (C=O) groups is 2. The topological polar surface area (TPSA) is 97.6 Å². The number of nitrogens with one attached hydrogen (secondary N) is 2. The average molecular weight is 364 g/mol. The lowest BCUT2D eigenvalue weighted by Gasteiger charge is -2.18. The molecular formula is C20H16N2O5. The number of rotatable bonds is 2. The summed E-state index contributed by atoms with van der Waals surface area (Å²) in [5.74, 6) is -0.392. The van der Waals surface area contributed by atoms with Crippen LogP contribution in [0, 0.1) is 13.8 Å². The van der Waals surface area contributed by atoms with Crippen LogP contribution in [0.1, 0.15) is 21.7 Å². The predicted octanol–water partition coefficient (Wildman–Crippen LogP) is 2.99. The second-order valence-electron chi connectivity index (χ2n) is 6.41. The van der Waals surface area contributed by atoms with Crippen molar-refractivity contribution >= 4 is 34.2 Å². The molecule has 1 aliphatic rings. The minimum absolute atomic E-state index is 0.0418. The van der Waals surface area contributed by atoms with Crippen LogP contribution in [0.3, 0.4) is 0 Å². The number of aryl methyl sites for hydroxylation is 2. The summed E-state index contributed by atoms with van der Waals surface area (Å²) in [6.07, 6.45) is 0. The molecule has 4 rings (SSSR count). The molecule has 0 bridgehead atoms. The van der Waals surface area contributed by atoms with E-state index in [0.717, 1.165) is 11.1 Å². The van der Waals surface area contributed by atoms with Crippen molar-refractivity contribution in [1.29, 1.82) is 0 Å². The number of amides is 2. The zero-order valence-electron chi connectivity index (χ0n) is 14.7. The van der Waals surface area contributed by atoms with Crippen molar-refractivity contribution in [1.82, 2.24) is 0 Å². The van der Waals surface area contributed by atoms with Gasteiger partial charge in [-0.2, -0.15) is 0 Å². The van der Waals surface area contributed by atoms with Crippen molar-refractivity contribution < 1.29 is 18.7 Å². The third kappa shape index (κ3) is 3.15. The average Bonchev–Trinajstić information content (AvgIpc) is 2.63.